The van der Waals surface area contributed by atoms with Gasteiger partial charge in [-0.15, -0.1) is 0 Å². The Morgan fingerprint density at radius 1 is 0.528 bits per heavy atom. The summed E-state index contributed by atoms with van der Waals surface area (Å²) in [6, 6.07) is 5.64. The maximum Gasteiger partial charge on any atom is 0.238 e. The van der Waals surface area contributed by atoms with Crippen molar-refractivity contribution in [3.63, 3.8) is 0 Å². The summed E-state index contributed by atoms with van der Waals surface area (Å²) in [5, 5.41) is 47.6. The highest BCUT2D eigenvalue weighted by molar-refractivity contribution is 5.88. The molecule has 1 heterocycles. The molecule has 0 bridgehead atoms. The average molecular weight is 527 g/mol. The van der Waals surface area contributed by atoms with E-state index in [1.54, 1.807) is 0 Å². The van der Waals surface area contributed by atoms with Gasteiger partial charge in [0.1, 0.15) is 22.5 Å². The second-order valence-electron chi connectivity index (χ2n) is 4.65. The Labute approximate surface area is 225 Å². The largest absolute Gasteiger partial charge is 0.508 e. The van der Waals surface area contributed by atoms with E-state index >= 15 is 0 Å². The van der Waals surface area contributed by atoms with Crippen LogP contribution in [0.15, 0.2) is 39.5 Å². The molecule has 7 heteroatoms. The van der Waals surface area contributed by atoms with Gasteiger partial charge in [-0.2, -0.15) is 0 Å². The van der Waals surface area contributed by atoms with Crippen LogP contribution in [0.4, 0.5) is 0 Å². The fourth-order valence-electron chi connectivity index (χ4n) is 2.14. The van der Waals surface area contributed by atoms with E-state index in [1.165, 1.54) is 6.07 Å². The minimum Gasteiger partial charge on any atom is -0.508 e. The molecule has 224 valence electrons. The van der Waals surface area contributed by atoms with Crippen LogP contribution in [0.2, 0.25) is 0 Å². The van der Waals surface area contributed by atoms with Crippen LogP contribution >= 0.6 is 0 Å². The molecule has 0 spiro atoms. The Balaban J connectivity index is -0.0000000411. The number of phenolic OH excluding ortho intramolecular Hbond substituents is 4. The van der Waals surface area contributed by atoms with Crippen molar-refractivity contribution in [1.29, 1.82) is 0 Å². The lowest BCUT2D eigenvalue weighted by atomic mass is 10.1. The Kier molecular flexibility index (Phi) is 59.4. The monoisotopic (exact) mass is 526 g/mol. The molecule has 0 aliphatic heterocycles. The second-order valence-corrected chi connectivity index (χ2v) is 4.65. The first kappa shape index (κ1) is 76.7. The lowest BCUT2D eigenvalue weighted by Gasteiger charge is -2.08. The van der Waals surface area contributed by atoms with Gasteiger partial charge in [-0.25, -0.2) is 0 Å². The average Bonchev–Trinajstić information content (AvgIpc) is 2.45. The molecule has 0 atom stereocenters. The molecule has 5 N–H and O–H groups in total. The Morgan fingerprint density at radius 3 is 1.39 bits per heavy atom. The SMILES string of the molecule is C.C.C.C.C.C.C.C.C.C.C.C.C.C.O=c1c(O)c(-c2ccc(O)c(O)c2)oc2cc(O)cc(O)c12. The van der Waals surface area contributed by atoms with E-state index in [2.05, 4.69) is 0 Å². The predicted molar refractivity (Wildman–Crippen MR) is 170 cm³/mol. The number of hydrogen-bond donors (Lipinski definition) is 5. The number of phenols is 4. The molecule has 0 saturated heterocycles. The number of benzene rings is 2. The zero-order valence-corrected chi connectivity index (χ0v) is 10.9. The summed E-state index contributed by atoms with van der Waals surface area (Å²) in [6.45, 7) is 0. The normalized spacial score (nSPS) is 6.67. The van der Waals surface area contributed by atoms with E-state index < -0.39 is 22.7 Å². The maximum atomic E-state index is 12.1. The summed E-state index contributed by atoms with van der Waals surface area (Å²) in [7, 11) is 0. The molecule has 2 aromatic carbocycles. The minimum atomic E-state index is -0.888. The van der Waals surface area contributed by atoms with Crippen LogP contribution in [0.3, 0.4) is 0 Å². The molecule has 0 aliphatic rings. The van der Waals surface area contributed by atoms with Crippen molar-refractivity contribution >= 4 is 11.0 Å². The lowest BCUT2D eigenvalue weighted by Crippen LogP contribution is -2.02. The Bertz CT molecular complexity index is 962. The Morgan fingerprint density at radius 2 is 0.972 bits per heavy atom. The highest BCUT2D eigenvalue weighted by Crippen LogP contribution is 2.37. The van der Waals surface area contributed by atoms with Crippen molar-refractivity contribution in [3.05, 3.63) is 40.6 Å². The fourth-order valence-corrected chi connectivity index (χ4v) is 2.14. The molecule has 3 aromatic rings. The van der Waals surface area contributed by atoms with E-state index in [1.807, 2.05) is 0 Å². The van der Waals surface area contributed by atoms with Crippen LogP contribution in [0.5, 0.6) is 28.7 Å². The number of aromatic hydroxyl groups is 5. The number of rotatable bonds is 1. The van der Waals surface area contributed by atoms with Gasteiger partial charge in [0.05, 0.1) is 0 Å². The van der Waals surface area contributed by atoms with E-state index in [9.17, 15) is 30.3 Å². The third kappa shape index (κ3) is 12.9. The van der Waals surface area contributed by atoms with Crippen molar-refractivity contribution in [1.82, 2.24) is 0 Å². The summed E-state index contributed by atoms with van der Waals surface area (Å²) >= 11 is 0. The van der Waals surface area contributed by atoms with Crippen molar-refractivity contribution in [2.75, 3.05) is 0 Å². The third-order valence-electron chi connectivity index (χ3n) is 3.17. The zero-order chi connectivity index (χ0) is 16.0. The minimum absolute atomic E-state index is 0. The van der Waals surface area contributed by atoms with Gasteiger partial charge in [0, 0.05) is 17.7 Å². The lowest BCUT2D eigenvalue weighted by molar-refractivity contribution is 0.403. The fraction of sp³-hybridized carbons (Fsp3) is 0.483. The summed E-state index contributed by atoms with van der Waals surface area (Å²) in [5.41, 5.74) is -0.890. The van der Waals surface area contributed by atoms with Crippen LogP contribution in [0.1, 0.15) is 104 Å². The molecule has 0 fully saturated rings. The molecule has 0 radical (unpaired) electrons. The molecule has 3 rings (SSSR count). The van der Waals surface area contributed by atoms with Crippen LogP contribution in [-0.2, 0) is 0 Å². The van der Waals surface area contributed by atoms with Gasteiger partial charge in [-0.05, 0) is 18.2 Å². The molecule has 0 unspecified atom stereocenters. The highest BCUT2D eigenvalue weighted by atomic mass is 16.4. The molecule has 7 nitrogen and oxygen atoms in total. The van der Waals surface area contributed by atoms with Gasteiger partial charge in [0.25, 0.3) is 0 Å². The van der Waals surface area contributed by atoms with E-state index in [0.717, 1.165) is 24.3 Å². The van der Waals surface area contributed by atoms with Crippen molar-refractivity contribution in [2.24, 2.45) is 0 Å². The van der Waals surface area contributed by atoms with Gasteiger partial charge in [0.15, 0.2) is 17.3 Å². The van der Waals surface area contributed by atoms with Gasteiger partial charge in [-0.1, -0.05) is 104 Å². The number of hydrogen-bond acceptors (Lipinski definition) is 7. The van der Waals surface area contributed by atoms with Gasteiger partial charge < -0.3 is 29.9 Å². The number of fused-ring (bicyclic) bond motifs is 1. The van der Waals surface area contributed by atoms with Crippen molar-refractivity contribution < 1.29 is 29.9 Å². The van der Waals surface area contributed by atoms with Crippen LogP contribution in [0, 0.1) is 0 Å². The first-order valence-corrected chi connectivity index (χ1v) is 6.12. The highest BCUT2D eigenvalue weighted by Gasteiger charge is 2.19. The molecule has 0 aliphatic carbocycles. The topological polar surface area (TPSA) is 131 Å². The van der Waals surface area contributed by atoms with Crippen LogP contribution < -0.4 is 5.43 Å². The van der Waals surface area contributed by atoms with E-state index in [-0.39, 0.29) is 138 Å². The van der Waals surface area contributed by atoms with Crippen molar-refractivity contribution in [3.8, 4) is 40.1 Å². The predicted octanol–water partition coefficient (Wildman–Crippen LogP) is 10.9. The summed E-state index contributed by atoms with van der Waals surface area (Å²) < 4.78 is 5.35. The molecular formula is C29H66O7. The summed E-state index contributed by atoms with van der Waals surface area (Å²) in [5.74, 6) is -2.71. The van der Waals surface area contributed by atoms with Gasteiger partial charge in [-0.3, -0.25) is 4.79 Å². The van der Waals surface area contributed by atoms with Crippen LogP contribution in [0.25, 0.3) is 22.3 Å². The van der Waals surface area contributed by atoms with E-state index in [0.29, 0.717) is 0 Å². The molecule has 1 aromatic heterocycles. The first-order valence-electron chi connectivity index (χ1n) is 6.12. The first-order chi connectivity index (χ1) is 10.4. The molecule has 0 amide bonds. The summed E-state index contributed by atoms with van der Waals surface area (Å²) in [4.78, 5) is 12.1. The maximum absolute atomic E-state index is 12.1. The van der Waals surface area contributed by atoms with Gasteiger partial charge >= 0.3 is 0 Å². The van der Waals surface area contributed by atoms with Crippen molar-refractivity contribution in [2.45, 2.75) is 104 Å². The molecular weight excluding hydrogens is 460 g/mol. The van der Waals surface area contributed by atoms with Gasteiger partial charge in [0.2, 0.25) is 11.2 Å². The molecule has 0 saturated carbocycles. The van der Waals surface area contributed by atoms with E-state index in [4.69, 9.17) is 4.42 Å². The quantitative estimate of drug-likeness (QED) is 0.199. The zero-order valence-electron chi connectivity index (χ0n) is 10.9. The van der Waals surface area contributed by atoms with Crippen LogP contribution in [-0.4, -0.2) is 25.5 Å². The Hall–Kier alpha value is -3.35. The smallest absolute Gasteiger partial charge is 0.238 e. The molecule has 36 heavy (non-hydrogen) atoms. The standard InChI is InChI=1S/C15H10O7.14CH4/c16-7-4-10(19)12-11(5-7)22-15(14(21)13(12)20)6-1-2-8(17)9(18)3-6;;;;;;;;;;;;;;/h1-5,16-19,21H;14*1H4. The summed E-state index contributed by atoms with van der Waals surface area (Å²) in [6.07, 6.45) is 0. The third-order valence-corrected chi connectivity index (χ3v) is 3.17. The second kappa shape index (κ2) is 27.9.